The summed E-state index contributed by atoms with van der Waals surface area (Å²) in [4.78, 5) is 28.1. The normalized spacial score (nSPS) is 11.8. The summed E-state index contributed by atoms with van der Waals surface area (Å²) in [5.74, 6) is -0.353. The molecule has 0 unspecified atom stereocenters. The number of sulfonamides is 1. The van der Waals surface area contributed by atoms with E-state index < -0.39 is 28.5 Å². The minimum absolute atomic E-state index is 0.0105. The third-order valence-electron chi connectivity index (χ3n) is 6.05. The largest absolute Gasteiger partial charge is 0.497 e. The van der Waals surface area contributed by atoms with Crippen LogP contribution in [-0.4, -0.2) is 58.5 Å². The van der Waals surface area contributed by atoms with Gasteiger partial charge in [-0.15, -0.1) is 0 Å². The lowest BCUT2D eigenvalue weighted by atomic mass is 10.1. The number of amides is 2. The van der Waals surface area contributed by atoms with Crippen molar-refractivity contribution in [3.05, 3.63) is 83.4 Å². The summed E-state index contributed by atoms with van der Waals surface area (Å²) in [5, 5.41) is 3.25. The number of halogens is 1. The van der Waals surface area contributed by atoms with Gasteiger partial charge in [-0.2, -0.15) is 0 Å². The first kappa shape index (κ1) is 29.8. The standard InChI is InChI=1S/C28H32ClN3O6S/c1-5-30-28(34)20(2)31(18-21-11-13-22(29)14-12-21)27(33)19-32(39(35,36)24-9-7-6-8-10-24)25-17-23(37-3)15-16-26(25)38-4/h6-17,20H,5,18-19H2,1-4H3,(H,30,34)/t20-/m1/s1. The van der Waals surface area contributed by atoms with Crippen LogP contribution in [0.4, 0.5) is 5.69 Å². The summed E-state index contributed by atoms with van der Waals surface area (Å²) >= 11 is 6.02. The molecule has 0 heterocycles. The van der Waals surface area contributed by atoms with E-state index in [9.17, 15) is 18.0 Å². The fraction of sp³-hybridized carbons (Fsp3) is 0.286. The Morgan fingerprint density at radius 1 is 0.974 bits per heavy atom. The van der Waals surface area contributed by atoms with Crippen LogP contribution in [0.1, 0.15) is 19.4 Å². The van der Waals surface area contributed by atoms with Gasteiger partial charge in [0.15, 0.2) is 0 Å². The molecule has 208 valence electrons. The summed E-state index contributed by atoms with van der Waals surface area (Å²) in [5.41, 5.74) is 0.839. The number of rotatable bonds is 12. The van der Waals surface area contributed by atoms with Gasteiger partial charge in [0, 0.05) is 24.2 Å². The zero-order valence-corrected chi connectivity index (χ0v) is 23.8. The van der Waals surface area contributed by atoms with Gasteiger partial charge >= 0.3 is 0 Å². The van der Waals surface area contributed by atoms with Crippen LogP contribution in [0.5, 0.6) is 11.5 Å². The van der Waals surface area contributed by atoms with Crippen LogP contribution >= 0.6 is 11.6 Å². The Hall–Kier alpha value is -3.76. The molecule has 2 amide bonds. The van der Waals surface area contributed by atoms with Gasteiger partial charge in [-0.05, 0) is 55.8 Å². The van der Waals surface area contributed by atoms with Gasteiger partial charge in [-0.3, -0.25) is 13.9 Å². The van der Waals surface area contributed by atoms with E-state index in [1.165, 1.54) is 37.3 Å². The first-order chi connectivity index (χ1) is 18.6. The van der Waals surface area contributed by atoms with E-state index >= 15 is 0 Å². The molecule has 0 aliphatic heterocycles. The average molecular weight is 574 g/mol. The molecule has 0 saturated heterocycles. The van der Waals surface area contributed by atoms with Crippen LogP contribution in [0.25, 0.3) is 0 Å². The third kappa shape index (κ3) is 7.21. The van der Waals surface area contributed by atoms with Crippen molar-refractivity contribution in [2.75, 3.05) is 31.6 Å². The molecule has 3 aromatic rings. The number of carbonyl (C=O) groups excluding carboxylic acids is 2. The highest BCUT2D eigenvalue weighted by Crippen LogP contribution is 2.36. The maximum atomic E-state index is 13.9. The van der Waals surface area contributed by atoms with E-state index in [1.54, 1.807) is 68.4 Å². The molecule has 0 aliphatic rings. The van der Waals surface area contributed by atoms with E-state index in [0.717, 1.165) is 9.87 Å². The van der Waals surface area contributed by atoms with Gasteiger partial charge in [-0.25, -0.2) is 8.42 Å². The van der Waals surface area contributed by atoms with Crippen molar-refractivity contribution in [3.63, 3.8) is 0 Å². The zero-order valence-electron chi connectivity index (χ0n) is 22.3. The second-order valence-corrected chi connectivity index (χ2v) is 10.9. The number of ether oxygens (including phenoxy) is 2. The molecule has 0 spiro atoms. The molecule has 3 aromatic carbocycles. The van der Waals surface area contributed by atoms with E-state index in [-0.39, 0.29) is 28.8 Å². The quantitative estimate of drug-likeness (QED) is 0.350. The molecule has 0 saturated carbocycles. The van der Waals surface area contributed by atoms with E-state index in [4.69, 9.17) is 21.1 Å². The predicted octanol–water partition coefficient (Wildman–Crippen LogP) is 4.11. The smallest absolute Gasteiger partial charge is 0.264 e. The number of carbonyl (C=O) groups is 2. The summed E-state index contributed by atoms with van der Waals surface area (Å²) < 4.78 is 39.6. The second-order valence-electron chi connectivity index (χ2n) is 8.58. The average Bonchev–Trinajstić information content (AvgIpc) is 2.95. The Labute approximate surface area is 234 Å². The highest BCUT2D eigenvalue weighted by molar-refractivity contribution is 7.92. The van der Waals surface area contributed by atoms with E-state index in [1.807, 2.05) is 0 Å². The molecule has 11 heteroatoms. The molecular formula is C28H32ClN3O6S. The minimum Gasteiger partial charge on any atom is -0.497 e. The zero-order chi connectivity index (χ0) is 28.6. The van der Waals surface area contributed by atoms with Crippen LogP contribution in [0.15, 0.2) is 77.7 Å². The minimum atomic E-state index is -4.24. The number of methoxy groups -OCH3 is 2. The summed E-state index contributed by atoms with van der Waals surface area (Å²) in [6.07, 6.45) is 0. The number of anilines is 1. The molecule has 39 heavy (non-hydrogen) atoms. The fourth-order valence-corrected chi connectivity index (χ4v) is 5.48. The number of nitrogens with zero attached hydrogens (tertiary/aromatic N) is 2. The number of benzene rings is 3. The van der Waals surface area contributed by atoms with E-state index in [2.05, 4.69) is 5.32 Å². The van der Waals surface area contributed by atoms with Gasteiger partial charge in [0.05, 0.1) is 24.8 Å². The first-order valence-electron chi connectivity index (χ1n) is 12.2. The first-order valence-corrected chi connectivity index (χ1v) is 14.1. The van der Waals surface area contributed by atoms with Gasteiger partial charge in [0.1, 0.15) is 24.1 Å². The van der Waals surface area contributed by atoms with Crippen molar-refractivity contribution in [3.8, 4) is 11.5 Å². The van der Waals surface area contributed by atoms with Crippen LogP contribution in [0.3, 0.4) is 0 Å². The van der Waals surface area contributed by atoms with Crippen molar-refractivity contribution < 1.29 is 27.5 Å². The Morgan fingerprint density at radius 3 is 2.23 bits per heavy atom. The fourth-order valence-electron chi connectivity index (χ4n) is 3.92. The van der Waals surface area contributed by atoms with Gasteiger partial charge in [0.2, 0.25) is 11.8 Å². The molecule has 3 rings (SSSR count). The highest BCUT2D eigenvalue weighted by Gasteiger charge is 2.34. The van der Waals surface area contributed by atoms with Crippen molar-refractivity contribution in [1.82, 2.24) is 10.2 Å². The number of hydrogen-bond acceptors (Lipinski definition) is 6. The molecule has 0 aliphatic carbocycles. The molecule has 1 atom stereocenters. The van der Waals surface area contributed by atoms with E-state index in [0.29, 0.717) is 17.3 Å². The third-order valence-corrected chi connectivity index (χ3v) is 8.08. The molecule has 0 radical (unpaired) electrons. The lowest BCUT2D eigenvalue weighted by Gasteiger charge is -2.32. The van der Waals surface area contributed by atoms with Crippen LogP contribution < -0.4 is 19.1 Å². The lowest BCUT2D eigenvalue weighted by molar-refractivity contribution is -0.139. The maximum Gasteiger partial charge on any atom is 0.264 e. The Morgan fingerprint density at radius 2 is 1.64 bits per heavy atom. The second kappa shape index (κ2) is 13.3. The van der Waals surface area contributed by atoms with Gasteiger partial charge < -0.3 is 19.7 Å². The Kier molecular flexibility index (Phi) is 10.2. The molecule has 0 aromatic heterocycles. The number of hydrogen-bond donors (Lipinski definition) is 1. The molecule has 9 nitrogen and oxygen atoms in total. The SMILES string of the molecule is CCNC(=O)[C@@H](C)N(Cc1ccc(Cl)cc1)C(=O)CN(c1cc(OC)ccc1OC)S(=O)(=O)c1ccccc1. The lowest BCUT2D eigenvalue weighted by Crippen LogP contribution is -2.51. The Bertz CT molecular complexity index is 1380. The molecular weight excluding hydrogens is 542 g/mol. The summed E-state index contributed by atoms with van der Waals surface area (Å²) in [7, 11) is -1.38. The number of likely N-dealkylation sites (N-methyl/N-ethyl adjacent to an activating group) is 1. The molecule has 0 fully saturated rings. The van der Waals surface area contributed by atoms with Crippen molar-refractivity contribution >= 4 is 39.1 Å². The van der Waals surface area contributed by atoms with Crippen LogP contribution in [0.2, 0.25) is 5.02 Å². The van der Waals surface area contributed by atoms with Crippen molar-refractivity contribution in [2.45, 2.75) is 31.3 Å². The summed E-state index contributed by atoms with van der Waals surface area (Å²) in [6.45, 7) is 3.21. The molecule has 0 bridgehead atoms. The van der Waals surface area contributed by atoms with Crippen LogP contribution in [-0.2, 0) is 26.2 Å². The maximum absolute atomic E-state index is 13.9. The van der Waals surface area contributed by atoms with Crippen LogP contribution in [0, 0.1) is 0 Å². The Balaban J connectivity index is 2.10. The number of nitrogens with one attached hydrogen (secondary N) is 1. The molecule has 1 N–H and O–H groups in total. The summed E-state index contributed by atoms with van der Waals surface area (Å²) in [6, 6.07) is 18.4. The highest BCUT2D eigenvalue weighted by atomic mass is 35.5. The van der Waals surface area contributed by atoms with Gasteiger partial charge in [0.25, 0.3) is 10.0 Å². The van der Waals surface area contributed by atoms with Crippen molar-refractivity contribution in [1.29, 1.82) is 0 Å². The topological polar surface area (TPSA) is 105 Å². The van der Waals surface area contributed by atoms with Crippen molar-refractivity contribution in [2.24, 2.45) is 0 Å². The monoisotopic (exact) mass is 573 g/mol. The van der Waals surface area contributed by atoms with Gasteiger partial charge in [-0.1, -0.05) is 41.9 Å². The predicted molar refractivity (Wildman–Crippen MR) is 151 cm³/mol.